The van der Waals surface area contributed by atoms with Crippen LogP contribution in [0.2, 0.25) is 0 Å². The molecule has 1 aromatic rings. The summed E-state index contributed by atoms with van der Waals surface area (Å²) < 4.78 is 5.41. The highest BCUT2D eigenvalue weighted by atomic mass is 16.5. The average Bonchev–Trinajstić information content (AvgIpc) is 3.02. The van der Waals surface area contributed by atoms with Crippen molar-refractivity contribution >= 4 is 0 Å². The summed E-state index contributed by atoms with van der Waals surface area (Å²) in [6, 6.07) is 6.31. The number of ether oxygens (including phenoxy) is 1. The van der Waals surface area contributed by atoms with Gasteiger partial charge in [-0.05, 0) is 37.8 Å². The predicted octanol–water partition coefficient (Wildman–Crippen LogP) is 2.50. The van der Waals surface area contributed by atoms with E-state index in [1.165, 1.54) is 24.0 Å². The minimum absolute atomic E-state index is 0.918. The lowest BCUT2D eigenvalue weighted by molar-refractivity contribution is 0.404. The van der Waals surface area contributed by atoms with Gasteiger partial charge in [0.2, 0.25) is 0 Å². The van der Waals surface area contributed by atoms with E-state index in [4.69, 9.17) is 4.74 Å². The lowest BCUT2D eigenvalue weighted by Gasteiger charge is -2.11. The lowest BCUT2D eigenvalue weighted by Crippen LogP contribution is -2.16. The number of benzene rings is 1. The van der Waals surface area contributed by atoms with Gasteiger partial charge in [0.15, 0.2) is 0 Å². The van der Waals surface area contributed by atoms with Crippen molar-refractivity contribution in [2.24, 2.45) is 5.92 Å². The van der Waals surface area contributed by atoms with Crippen molar-refractivity contribution in [2.75, 3.05) is 13.7 Å². The molecule has 0 amide bonds. The van der Waals surface area contributed by atoms with E-state index < -0.39 is 0 Å². The van der Waals surface area contributed by atoms with Crippen molar-refractivity contribution in [1.82, 2.24) is 5.32 Å². The molecule has 0 heterocycles. The van der Waals surface area contributed by atoms with Crippen LogP contribution in [0.15, 0.2) is 18.2 Å². The fraction of sp³-hybridized carbons (Fsp3) is 0.538. The number of hydrogen-bond acceptors (Lipinski definition) is 2. The van der Waals surface area contributed by atoms with Crippen LogP contribution in [0.4, 0.5) is 0 Å². The van der Waals surface area contributed by atoms with E-state index in [0.29, 0.717) is 0 Å². The number of rotatable bonds is 5. The summed E-state index contributed by atoms with van der Waals surface area (Å²) in [5.41, 5.74) is 2.47. The van der Waals surface area contributed by atoms with Crippen LogP contribution in [-0.4, -0.2) is 13.7 Å². The smallest absolute Gasteiger partial charge is 0.126 e. The maximum Gasteiger partial charge on any atom is 0.126 e. The van der Waals surface area contributed by atoms with Gasteiger partial charge in [0.25, 0.3) is 0 Å². The van der Waals surface area contributed by atoms with Gasteiger partial charge in [-0.1, -0.05) is 18.2 Å². The molecular weight excluding hydrogens is 186 g/mol. The Balaban J connectivity index is 1.95. The van der Waals surface area contributed by atoms with Gasteiger partial charge in [0.05, 0.1) is 7.11 Å². The Labute approximate surface area is 91.6 Å². The van der Waals surface area contributed by atoms with Crippen molar-refractivity contribution < 1.29 is 4.74 Å². The summed E-state index contributed by atoms with van der Waals surface area (Å²) in [7, 11) is 1.74. The van der Waals surface area contributed by atoms with E-state index in [2.05, 4.69) is 30.4 Å². The highest BCUT2D eigenvalue weighted by molar-refractivity contribution is 5.40. The SMILES string of the molecule is COc1c(C)cccc1CNCC1CC1. The first-order valence-corrected chi connectivity index (χ1v) is 5.64. The van der Waals surface area contributed by atoms with Gasteiger partial charge in [0.1, 0.15) is 5.75 Å². The van der Waals surface area contributed by atoms with Crippen molar-refractivity contribution in [3.8, 4) is 5.75 Å². The summed E-state index contributed by atoms with van der Waals surface area (Å²) in [6.45, 7) is 4.15. The first-order valence-electron chi connectivity index (χ1n) is 5.64. The maximum absolute atomic E-state index is 5.41. The third-order valence-electron chi connectivity index (χ3n) is 2.94. The van der Waals surface area contributed by atoms with Gasteiger partial charge in [0, 0.05) is 12.1 Å². The van der Waals surface area contributed by atoms with Crippen molar-refractivity contribution in [3.05, 3.63) is 29.3 Å². The molecule has 2 heteroatoms. The van der Waals surface area contributed by atoms with E-state index in [1.807, 2.05) is 0 Å². The molecule has 0 bridgehead atoms. The molecule has 1 aromatic carbocycles. The molecule has 0 aliphatic heterocycles. The summed E-state index contributed by atoms with van der Waals surface area (Å²) in [5.74, 6) is 1.96. The van der Waals surface area contributed by atoms with E-state index in [-0.39, 0.29) is 0 Å². The van der Waals surface area contributed by atoms with Crippen LogP contribution >= 0.6 is 0 Å². The van der Waals surface area contributed by atoms with Crippen LogP contribution < -0.4 is 10.1 Å². The van der Waals surface area contributed by atoms with Gasteiger partial charge in [-0.2, -0.15) is 0 Å². The molecule has 1 N–H and O–H groups in total. The molecule has 0 radical (unpaired) electrons. The second-order valence-electron chi connectivity index (χ2n) is 4.34. The molecule has 0 unspecified atom stereocenters. The lowest BCUT2D eigenvalue weighted by atomic mass is 10.1. The van der Waals surface area contributed by atoms with Crippen molar-refractivity contribution in [3.63, 3.8) is 0 Å². The maximum atomic E-state index is 5.41. The van der Waals surface area contributed by atoms with Crippen molar-refractivity contribution in [1.29, 1.82) is 0 Å². The van der Waals surface area contributed by atoms with E-state index in [9.17, 15) is 0 Å². The molecule has 82 valence electrons. The second-order valence-corrected chi connectivity index (χ2v) is 4.34. The molecule has 1 fully saturated rings. The highest BCUT2D eigenvalue weighted by Gasteiger charge is 2.20. The molecule has 2 nitrogen and oxygen atoms in total. The molecule has 15 heavy (non-hydrogen) atoms. The van der Waals surface area contributed by atoms with Crippen LogP contribution in [0.1, 0.15) is 24.0 Å². The molecule has 1 aliphatic carbocycles. The van der Waals surface area contributed by atoms with Crippen LogP contribution in [-0.2, 0) is 6.54 Å². The Morgan fingerprint density at radius 3 is 2.87 bits per heavy atom. The molecule has 0 atom stereocenters. The number of methoxy groups -OCH3 is 1. The Morgan fingerprint density at radius 2 is 2.20 bits per heavy atom. The summed E-state index contributed by atoms with van der Waals surface area (Å²) in [6.07, 6.45) is 2.80. The van der Waals surface area contributed by atoms with Crippen LogP contribution in [0.3, 0.4) is 0 Å². The third kappa shape index (κ3) is 2.72. The topological polar surface area (TPSA) is 21.3 Å². The zero-order valence-electron chi connectivity index (χ0n) is 9.55. The molecule has 1 saturated carbocycles. The predicted molar refractivity (Wildman–Crippen MR) is 62.2 cm³/mol. The van der Waals surface area contributed by atoms with E-state index in [0.717, 1.165) is 24.8 Å². The fourth-order valence-corrected chi connectivity index (χ4v) is 1.88. The van der Waals surface area contributed by atoms with Gasteiger partial charge in [-0.3, -0.25) is 0 Å². The van der Waals surface area contributed by atoms with Gasteiger partial charge < -0.3 is 10.1 Å². The van der Waals surface area contributed by atoms with E-state index in [1.54, 1.807) is 7.11 Å². The summed E-state index contributed by atoms with van der Waals surface area (Å²) in [5, 5.41) is 3.49. The Hall–Kier alpha value is -1.02. The minimum atomic E-state index is 0.918. The normalized spacial score (nSPS) is 15.3. The highest BCUT2D eigenvalue weighted by Crippen LogP contribution is 2.28. The van der Waals surface area contributed by atoms with Gasteiger partial charge in [-0.15, -0.1) is 0 Å². The number of aryl methyl sites for hydroxylation is 1. The second kappa shape index (κ2) is 4.67. The number of para-hydroxylation sites is 1. The Kier molecular flexibility index (Phi) is 3.27. The summed E-state index contributed by atoms with van der Waals surface area (Å²) in [4.78, 5) is 0. The monoisotopic (exact) mass is 205 g/mol. The first-order chi connectivity index (χ1) is 7.31. The standard InChI is InChI=1S/C13H19NO/c1-10-4-3-5-12(13(10)15-2)9-14-8-11-6-7-11/h3-5,11,14H,6-9H2,1-2H3. The number of nitrogens with one attached hydrogen (secondary N) is 1. The molecule has 0 aromatic heterocycles. The molecular formula is C13H19NO. The van der Waals surface area contributed by atoms with Gasteiger partial charge >= 0.3 is 0 Å². The number of hydrogen-bond donors (Lipinski definition) is 1. The van der Waals surface area contributed by atoms with Gasteiger partial charge in [-0.25, -0.2) is 0 Å². The van der Waals surface area contributed by atoms with Crippen LogP contribution in [0.25, 0.3) is 0 Å². The summed E-state index contributed by atoms with van der Waals surface area (Å²) >= 11 is 0. The Bertz CT molecular complexity index is 331. The fourth-order valence-electron chi connectivity index (χ4n) is 1.88. The zero-order valence-corrected chi connectivity index (χ0v) is 9.55. The van der Waals surface area contributed by atoms with E-state index >= 15 is 0 Å². The zero-order chi connectivity index (χ0) is 10.7. The third-order valence-corrected chi connectivity index (χ3v) is 2.94. The molecule has 2 rings (SSSR count). The molecule has 0 saturated heterocycles. The Morgan fingerprint density at radius 1 is 1.40 bits per heavy atom. The first kappa shape index (κ1) is 10.5. The molecule has 0 spiro atoms. The largest absolute Gasteiger partial charge is 0.496 e. The molecule has 1 aliphatic rings. The average molecular weight is 205 g/mol. The minimum Gasteiger partial charge on any atom is -0.496 e. The van der Waals surface area contributed by atoms with Crippen LogP contribution in [0.5, 0.6) is 5.75 Å². The van der Waals surface area contributed by atoms with Crippen LogP contribution in [0, 0.1) is 12.8 Å². The quantitative estimate of drug-likeness (QED) is 0.797. The van der Waals surface area contributed by atoms with Crippen molar-refractivity contribution in [2.45, 2.75) is 26.3 Å².